The van der Waals surface area contributed by atoms with Gasteiger partial charge in [0.2, 0.25) is 0 Å². The molecule has 2 aromatic rings. The maximum atomic E-state index is 12.5. The fraction of sp³-hybridized carbons (Fsp3) is 0.389. The van der Waals surface area contributed by atoms with Crippen LogP contribution in [0.5, 0.6) is 0 Å². The summed E-state index contributed by atoms with van der Waals surface area (Å²) in [6.45, 7) is 5.81. The largest absolute Gasteiger partial charge is 0.451 e. The van der Waals surface area contributed by atoms with E-state index in [0.717, 1.165) is 36.3 Å². The van der Waals surface area contributed by atoms with E-state index in [1.54, 1.807) is 6.07 Å². The molecule has 0 aliphatic carbocycles. The summed E-state index contributed by atoms with van der Waals surface area (Å²) in [5, 5.41) is 0. The van der Waals surface area contributed by atoms with Crippen LogP contribution in [-0.2, 0) is 0 Å². The van der Waals surface area contributed by atoms with Crippen LogP contribution in [-0.4, -0.2) is 23.9 Å². The number of aryl methyl sites for hydroxylation is 1. The van der Waals surface area contributed by atoms with Crippen molar-refractivity contribution in [1.82, 2.24) is 4.90 Å². The number of nitrogens with zero attached hydrogens (tertiary/aromatic N) is 1. The zero-order valence-corrected chi connectivity index (χ0v) is 13.1. The zero-order chi connectivity index (χ0) is 15.7. The van der Waals surface area contributed by atoms with Crippen LogP contribution in [0.1, 0.15) is 35.9 Å². The van der Waals surface area contributed by atoms with Gasteiger partial charge in [0.1, 0.15) is 5.76 Å². The number of nitrogen functional groups attached to an aromatic ring is 1. The number of amides is 1. The Bertz CT molecular complexity index is 690. The van der Waals surface area contributed by atoms with Crippen molar-refractivity contribution in [2.24, 2.45) is 5.92 Å². The third kappa shape index (κ3) is 2.86. The molecule has 1 saturated heterocycles. The lowest BCUT2D eigenvalue weighted by molar-refractivity contribution is 0.0652. The summed E-state index contributed by atoms with van der Waals surface area (Å²) in [7, 11) is 0. The van der Waals surface area contributed by atoms with E-state index in [1.807, 2.05) is 36.1 Å². The van der Waals surface area contributed by atoms with Crippen molar-refractivity contribution in [1.29, 1.82) is 0 Å². The predicted molar refractivity (Wildman–Crippen MR) is 87.6 cm³/mol. The van der Waals surface area contributed by atoms with Crippen molar-refractivity contribution >= 4 is 11.6 Å². The molecule has 1 aromatic heterocycles. The number of likely N-dealkylation sites (tertiary alicyclic amines) is 1. The Morgan fingerprint density at radius 1 is 1.32 bits per heavy atom. The zero-order valence-electron chi connectivity index (χ0n) is 13.1. The summed E-state index contributed by atoms with van der Waals surface area (Å²) in [6, 6.07) is 9.32. The van der Waals surface area contributed by atoms with Crippen molar-refractivity contribution in [3.63, 3.8) is 0 Å². The highest BCUT2D eigenvalue weighted by Gasteiger charge is 2.24. The second-order valence-electron chi connectivity index (χ2n) is 6.24. The van der Waals surface area contributed by atoms with E-state index in [9.17, 15) is 4.79 Å². The first-order chi connectivity index (χ1) is 10.5. The Labute approximate surface area is 130 Å². The van der Waals surface area contributed by atoms with Crippen LogP contribution in [0, 0.1) is 12.8 Å². The molecular weight excluding hydrogens is 276 g/mol. The summed E-state index contributed by atoms with van der Waals surface area (Å²) in [4.78, 5) is 14.4. The highest BCUT2D eigenvalue weighted by atomic mass is 16.4. The molecule has 1 aromatic carbocycles. The fourth-order valence-corrected chi connectivity index (χ4v) is 3.09. The summed E-state index contributed by atoms with van der Waals surface area (Å²) < 4.78 is 5.81. The van der Waals surface area contributed by atoms with E-state index in [4.69, 9.17) is 10.2 Å². The summed E-state index contributed by atoms with van der Waals surface area (Å²) in [6.07, 6.45) is 2.26. The molecule has 4 heteroatoms. The summed E-state index contributed by atoms with van der Waals surface area (Å²) in [5.74, 6) is 1.68. The molecule has 3 rings (SSSR count). The van der Waals surface area contributed by atoms with Gasteiger partial charge in [0.15, 0.2) is 5.76 Å². The van der Waals surface area contributed by atoms with E-state index in [1.165, 1.54) is 6.42 Å². The van der Waals surface area contributed by atoms with Crippen LogP contribution in [0.3, 0.4) is 0 Å². The lowest BCUT2D eigenvalue weighted by atomic mass is 10.0. The third-order valence-corrected chi connectivity index (χ3v) is 4.28. The first-order valence-corrected chi connectivity index (χ1v) is 7.80. The number of hydrogen-bond acceptors (Lipinski definition) is 3. The Hall–Kier alpha value is -2.23. The molecule has 1 aliphatic rings. The highest BCUT2D eigenvalue weighted by molar-refractivity contribution is 5.92. The first-order valence-electron chi connectivity index (χ1n) is 7.80. The molecule has 2 N–H and O–H groups in total. The van der Waals surface area contributed by atoms with Gasteiger partial charge in [-0.25, -0.2) is 0 Å². The molecule has 22 heavy (non-hydrogen) atoms. The minimum absolute atomic E-state index is 0.00843. The monoisotopic (exact) mass is 298 g/mol. The Balaban J connectivity index is 1.82. The molecule has 0 radical (unpaired) electrons. The minimum Gasteiger partial charge on any atom is -0.451 e. The maximum absolute atomic E-state index is 12.5. The van der Waals surface area contributed by atoms with Gasteiger partial charge in [-0.1, -0.05) is 6.92 Å². The Morgan fingerprint density at radius 3 is 2.86 bits per heavy atom. The number of piperidine rings is 1. The van der Waals surface area contributed by atoms with E-state index in [2.05, 4.69) is 6.92 Å². The van der Waals surface area contributed by atoms with Crippen LogP contribution in [0.15, 0.2) is 34.7 Å². The van der Waals surface area contributed by atoms with Crippen molar-refractivity contribution in [3.8, 4) is 11.3 Å². The average molecular weight is 298 g/mol. The van der Waals surface area contributed by atoms with Gasteiger partial charge in [-0.3, -0.25) is 4.79 Å². The second kappa shape index (κ2) is 5.87. The van der Waals surface area contributed by atoms with Crippen molar-refractivity contribution in [2.75, 3.05) is 18.8 Å². The molecule has 116 valence electrons. The molecule has 1 unspecified atom stereocenters. The molecule has 2 heterocycles. The second-order valence-corrected chi connectivity index (χ2v) is 6.24. The summed E-state index contributed by atoms with van der Waals surface area (Å²) >= 11 is 0. The van der Waals surface area contributed by atoms with Gasteiger partial charge in [-0.05, 0) is 61.6 Å². The number of carbonyl (C=O) groups is 1. The van der Waals surface area contributed by atoms with Crippen LogP contribution >= 0.6 is 0 Å². The topological polar surface area (TPSA) is 59.5 Å². The van der Waals surface area contributed by atoms with Crippen molar-refractivity contribution in [2.45, 2.75) is 26.7 Å². The predicted octanol–water partition coefficient (Wildman–Crippen LogP) is 3.71. The lowest BCUT2D eigenvalue weighted by Gasteiger charge is -2.30. The standard InChI is InChI=1S/C18H22N2O2/c1-12-4-3-9-20(11-12)18(21)17-8-7-16(22-17)15-6-5-14(19)10-13(15)2/h5-8,10,12H,3-4,9,11,19H2,1-2H3. The van der Waals surface area contributed by atoms with Gasteiger partial charge in [-0.15, -0.1) is 0 Å². The van der Waals surface area contributed by atoms with Crippen LogP contribution < -0.4 is 5.73 Å². The molecule has 1 fully saturated rings. The average Bonchev–Trinajstić information content (AvgIpc) is 2.96. The molecule has 1 aliphatic heterocycles. The molecule has 0 spiro atoms. The van der Waals surface area contributed by atoms with Gasteiger partial charge in [0, 0.05) is 24.3 Å². The SMILES string of the molecule is Cc1cc(N)ccc1-c1ccc(C(=O)N2CCCC(C)C2)o1. The number of nitrogens with two attached hydrogens (primary N) is 1. The van der Waals surface area contributed by atoms with Gasteiger partial charge >= 0.3 is 0 Å². The maximum Gasteiger partial charge on any atom is 0.289 e. The number of furan rings is 1. The Kier molecular flexibility index (Phi) is 3.92. The number of benzene rings is 1. The molecule has 4 nitrogen and oxygen atoms in total. The highest BCUT2D eigenvalue weighted by Crippen LogP contribution is 2.28. The van der Waals surface area contributed by atoms with Gasteiger partial charge in [-0.2, -0.15) is 0 Å². The summed E-state index contributed by atoms with van der Waals surface area (Å²) in [5.41, 5.74) is 8.52. The van der Waals surface area contributed by atoms with E-state index in [-0.39, 0.29) is 5.91 Å². The fourth-order valence-electron chi connectivity index (χ4n) is 3.09. The van der Waals surface area contributed by atoms with Gasteiger partial charge in [0.05, 0.1) is 0 Å². The number of rotatable bonds is 2. The smallest absolute Gasteiger partial charge is 0.289 e. The molecule has 0 saturated carbocycles. The van der Waals surface area contributed by atoms with Gasteiger partial charge in [0.25, 0.3) is 5.91 Å². The molecular formula is C18H22N2O2. The molecule has 1 atom stereocenters. The van der Waals surface area contributed by atoms with Crippen LogP contribution in [0.4, 0.5) is 5.69 Å². The van der Waals surface area contributed by atoms with E-state index in [0.29, 0.717) is 17.4 Å². The van der Waals surface area contributed by atoms with Crippen molar-refractivity contribution < 1.29 is 9.21 Å². The molecule has 1 amide bonds. The van der Waals surface area contributed by atoms with Crippen LogP contribution in [0.2, 0.25) is 0 Å². The van der Waals surface area contributed by atoms with Crippen LogP contribution in [0.25, 0.3) is 11.3 Å². The van der Waals surface area contributed by atoms with E-state index >= 15 is 0 Å². The van der Waals surface area contributed by atoms with E-state index < -0.39 is 0 Å². The quantitative estimate of drug-likeness (QED) is 0.860. The third-order valence-electron chi connectivity index (χ3n) is 4.28. The minimum atomic E-state index is -0.00843. The lowest BCUT2D eigenvalue weighted by Crippen LogP contribution is -2.38. The van der Waals surface area contributed by atoms with Gasteiger partial charge < -0.3 is 15.1 Å². The van der Waals surface area contributed by atoms with Crippen molar-refractivity contribution in [3.05, 3.63) is 41.7 Å². The normalized spacial score (nSPS) is 18.5. The first kappa shape index (κ1) is 14.7. The number of carbonyl (C=O) groups excluding carboxylic acids is 1. The number of hydrogen-bond donors (Lipinski definition) is 1. The molecule has 0 bridgehead atoms. The number of anilines is 1. The Morgan fingerprint density at radius 2 is 2.14 bits per heavy atom.